The molecule has 0 fully saturated rings. The largest absolute Gasteiger partial charge is 0.494 e. The van der Waals surface area contributed by atoms with Gasteiger partial charge in [-0.05, 0) is 36.8 Å². The van der Waals surface area contributed by atoms with Crippen LogP contribution in [0.1, 0.15) is 18.2 Å². The van der Waals surface area contributed by atoms with Gasteiger partial charge < -0.3 is 4.74 Å². The van der Waals surface area contributed by atoms with Crippen LogP contribution in [0.15, 0.2) is 48.7 Å². The predicted molar refractivity (Wildman–Crippen MR) is 74.2 cm³/mol. The highest BCUT2D eigenvalue weighted by Gasteiger charge is 1.98. The van der Waals surface area contributed by atoms with Crippen molar-refractivity contribution in [2.75, 3.05) is 6.61 Å². The topological polar surface area (TPSA) is 13.1 Å². The summed E-state index contributed by atoms with van der Waals surface area (Å²) < 4.78 is 7.50. The Morgan fingerprint density at radius 1 is 1.06 bits per heavy atom. The molecule has 2 rings (SSSR count). The highest BCUT2D eigenvalue weighted by molar-refractivity contribution is 5.67. The minimum Gasteiger partial charge on any atom is -0.494 e. The first kappa shape index (κ1) is 12.4. The van der Waals surface area contributed by atoms with Crippen LogP contribution in [-0.2, 0) is 7.05 Å². The molecule has 0 aliphatic carbocycles. The molecule has 0 amide bonds. The molecule has 0 unspecified atom stereocenters. The average molecular weight is 240 g/mol. The molecule has 1 aromatic heterocycles. The van der Waals surface area contributed by atoms with Crippen LogP contribution in [0.2, 0.25) is 0 Å². The molecule has 0 saturated heterocycles. The quantitative estimate of drug-likeness (QED) is 0.749. The number of nitrogens with zero attached hydrogens (tertiary/aromatic N) is 1. The van der Waals surface area contributed by atoms with Crippen LogP contribution in [0.25, 0.3) is 12.2 Å². The second-order valence-electron chi connectivity index (χ2n) is 4.07. The number of pyridine rings is 1. The first-order valence-electron chi connectivity index (χ1n) is 6.15. The van der Waals surface area contributed by atoms with Crippen LogP contribution in [0.5, 0.6) is 5.75 Å². The maximum atomic E-state index is 5.41. The van der Waals surface area contributed by atoms with Crippen molar-refractivity contribution in [3.63, 3.8) is 0 Å². The van der Waals surface area contributed by atoms with Crippen molar-refractivity contribution in [3.05, 3.63) is 59.9 Å². The number of hydrogen-bond acceptors (Lipinski definition) is 1. The summed E-state index contributed by atoms with van der Waals surface area (Å²) in [5.74, 6) is 0.917. The number of benzene rings is 1. The van der Waals surface area contributed by atoms with E-state index in [1.54, 1.807) is 0 Å². The molecule has 92 valence electrons. The lowest BCUT2D eigenvalue weighted by Crippen LogP contribution is -2.30. The lowest BCUT2D eigenvalue weighted by atomic mass is 10.2. The summed E-state index contributed by atoms with van der Waals surface area (Å²) in [7, 11) is 2.04. The van der Waals surface area contributed by atoms with Crippen LogP contribution >= 0.6 is 0 Å². The van der Waals surface area contributed by atoms with E-state index in [0.717, 1.165) is 5.75 Å². The summed E-state index contributed by atoms with van der Waals surface area (Å²) in [6, 6.07) is 14.3. The number of rotatable bonds is 4. The van der Waals surface area contributed by atoms with E-state index in [1.807, 2.05) is 44.4 Å². The Kier molecular flexibility index (Phi) is 4.13. The Balaban J connectivity index is 2.12. The van der Waals surface area contributed by atoms with Crippen LogP contribution < -0.4 is 9.30 Å². The van der Waals surface area contributed by atoms with Gasteiger partial charge in [0.25, 0.3) is 0 Å². The molecule has 0 spiro atoms. The van der Waals surface area contributed by atoms with Gasteiger partial charge in [-0.2, -0.15) is 0 Å². The molecule has 1 heterocycles. The fraction of sp³-hybridized carbons (Fsp3) is 0.188. The van der Waals surface area contributed by atoms with Gasteiger partial charge in [-0.25, -0.2) is 4.57 Å². The third kappa shape index (κ3) is 3.20. The third-order valence-corrected chi connectivity index (χ3v) is 2.73. The molecule has 0 atom stereocenters. The zero-order valence-corrected chi connectivity index (χ0v) is 10.8. The maximum absolute atomic E-state index is 5.41. The fourth-order valence-electron chi connectivity index (χ4n) is 1.73. The van der Waals surface area contributed by atoms with Crippen molar-refractivity contribution in [2.24, 2.45) is 7.05 Å². The molecule has 0 radical (unpaired) electrons. The van der Waals surface area contributed by atoms with E-state index < -0.39 is 0 Å². The number of aromatic nitrogens is 1. The van der Waals surface area contributed by atoms with Gasteiger partial charge in [0, 0.05) is 18.2 Å². The second kappa shape index (κ2) is 6.01. The van der Waals surface area contributed by atoms with Crippen molar-refractivity contribution in [1.29, 1.82) is 0 Å². The standard InChI is InChI=1S/C16H18NO/c1-3-18-16-11-8-14(9-12-16)7-10-15-6-4-5-13-17(15)2/h4-13H,3H2,1-2H3/q+1/b10-7-. The number of hydrogen-bond donors (Lipinski definition) is 0. The zero-order valence-electron chi connectivity index (χ0n) is 10.8. The summed E-state index contributed by atoms with van der Waals surface area (Å²) in [6.07, 6.45) is 6.25. The number of ether oxygens (including phenoxy) is 1. The Hall–Kier alpha value is -2.09. The molecule has 0 aliphatic rings. The SMILES string of the molecule is CCOc1ccc(/C=C\c2cccc[n+]2C)cc1. The predicted octanol–water partition coefficient (Wildman–Crippen LogP) is 3.08. The van der Waals surface area contributed by atoms with Crippen molar-refractivity contribution >= 4 is 12.2 Å². The van der Waals surface area contributed by atoms with E-state index in [4.69, 9.17) is 4.74 Å². The molecule has 2 nitrogen and oxygen atoms in total. The summed E-state index contributed by atoms with van der Waals surface area (Å²) in [6.45, 7) is 2.69. The van der Waals surface area contributed by atoms with Gasteiger partial charge in [-0.1, -0.05) is 12.1 Å². The highest BCUT2D eigenvalue weighted by atomic mass is 16.5. The maximum Gasteiger partial charge on any atom is 0.204 e. The summed E-state index contributed by atoms with van der Waals surface area (Å²) in [5, 5.41) is 0. The molecule has 0 saturated carbocycles. The monoisotopic (exact) mass is 240 g/mol. The van der Waals surface area contributed by atoms with E-state index in [1.165, 1.54) is 11.3 Å². The van der Waals surface area contributed by atoms with Gasteiger partial charge in [-0.3, -0.25) is 0 Å². The molecule has 0 N–H and O–H groups in total. The first-order chi connectivity index (χ1) is 8.79. The zero-order chi connectivity index (χ0) is 12.8. The molecular formula is C16H18NO+. The van der Waals surface area contributed by atoms with Crippen molar-refractivity contribution in [3.8, 4) is 5.75 Å². The van der Waals surface area contributed by atoms with E-state index in [2.05, 4.69) is 34.9 Å². The summed E-state index contributed by atoms with van der Waals surface area (Å²) >= 11 is 0. The Morgan fingerprint density at radius 3 is 2.50 bits per heavy atom. The molecule has 1 aromatic carbocycles. The van der Waals surface area contributed by atoms with Crippen LogP contribution in [0, 0.1) is 0 Å². The average Bonchev–Trinajstić information content (AvgIpc) is 2.40. The molecule has 0 aliphatic heterocycles. The van der Waals surface area contributed by atoms with Gasteiger partial charge in [0.2, 0.25) is 5.69 Å². The van der Waals surface area contributed by atoms with Gasteiger partial charge >= 0.3 is 0 Å². The molecular weight excluding hydrogens is 222 g/mol. The van der Waals surface area contributed by atoms with E-state index in [9.17, 15) is 0 Å². The van der Waals surface area contributed by atoms with E-state index in [-0.39, 0.29) is 0 Å². The Bertz CT molecular complexity index is 529. The smallest absolute Gasteiger partial charge is 0.204 e. The first-order valence-corrected chi connectivity index (χ1v) is 6.15. The Labute approximate surface area is 108 Å². The summed E-state index contributed by atoms with van der Waals surface area (Å²) in [5.41, 5.74) is 2.34. The Morgan fingerprint density at radius 2 is 1.83 bits per heavy atom. The molecule has 0 bridgehead atoms. The molecule has 18 heavy (non-hydrogen) atoms. The van der Waals surface area contributed by atoms with Crippen molar-refractivity contribution in [2.45, 2.75) is 6.92 Å². The lowest BCUT2D eigenvalue weighted by Gasteiger charge is -2.02. The highest BCUT2D eigenvalue weighted by Crippen LogP contribution is 2.13. The van der Waals surface area contributed by atoms with E-state index >= 15 is 0 Å². The van der Waals surface area contributed by atoms with Gasteiger partial charge in [-0.15, -0.1) is 0 Å². The van der Waals surface area contributed by atoms with Gasteiger partial charge in [0.1, 0.15) is 12.8 Å². The van der Waals surface area contributed by atoms with Crippen LogP contribution in [-0.4, -0.2) is 6.61 Å². The van der Waals surface area contributed by atoms with Crippen molar-refractivity contribution < 1.29 is 9.30 Å². The minimum absolute atomic E-state index is 0.703. The lowest BCUT2D eigenvalue weighted by molar-refractivity contribution is -0.673. The van der Waals surface area contributed by atoms with E-state index in [0.29, 0.717) is 6.61 Å². The molecule has 2 heteroatoms. The van der Waals surface area contributed by atoms with Gasteiger partial charge in [0.15, 0.2) is 6.20 Å². The van der Waals surface area contributed by atoms with Crippen LogP contribution in [0.3, 0.4) is 0 Å². The minimum atomic E-state index is 0.703. The number of aryl methyl sites for hydroxylation is 1. The van der Waals surface area contributed by atoms with Crippen LogP contribution in [0.4, 0.5) is 0 Å². The van der Waals surface area contributed by atoms with Crippen molar-refractivity contribution in [1.82, 2.24) is 0 Å². The fourth-order valence-corrected chi connectivity index (χ4v) is 1.73. The second-order valence-corrected chi connectivity index (χ2v) is 4.07. The normalized spacial score (nSPS) is 10.8. The molecule has 2 aromatic rings. The summed E-state index contributed by atoms with van der Waals surface area (Å²) in [4.78, 5) is 0. The third-order valence-electron chi connectivity index (χ3n) is 2.73. The van der Waals surface area contributed by atoms with Gasteiger partial charge in [0.05, 0.1) is 6.61 Å².